The largest absolute Gasteiger partial charge is 0.480 e. The van der Waals surface area contributed by atoms with Gasteiger partial charge in [-0.1, -0.05) is 6.08 Å². The Balaban J connectivity index is 2.89. The molecule has 0 aliphatic rings. The fourth-order valence-corrected chi connectivity index (χ4v) is 1.40. The number of carbonyl (C=O) groups is 2. The van der Waals surface area contributed by atoms with E-state index in [0.717, 1.165) is 0 Å². The third-order valence-corrected chi connectivity index (χ3v) is 2.35. The second-order valence-corrected chi connectivity index (χ2v) is 3.87. The lowest BCUT2D eigenvalue weighted by molar-refractivity contribution is -0.139. The van der Waals surface area contributed by atoms with Crippen molar-refractivity contribution in [1.29, 1.82) is 0 Å². The summed E-state index contributed by atoms with van der Waals surface area (Å²) in [7, 11) is 0. The molecule has 0 bridgehead atoms. The molecule has 6 heteroatoms. The average Bonchev–Trinajstić information content (AvgIpc) is 2.31. The highest BCUT2D eigenvalue weighted by Crippen LogP contribution is 2.06. The predicted molar refractivity (Wildman–Crippen MR) is 65.2 cm³/mol. The molecule has 0 radical (unpaired) electrons. The number of hydrogen-bond donors (Lipinski definition) is 2. The first kappa shape index (κ1) is 13.8. The first-order chi connectivity index (χ1) is 8.45. The number of carboxylic acid groups (broad SMARTS) is 1. The predicted octanol–water partition coefficient (Wildman–Crippen LogP) is 0.853. The van der Waals surface area contributed by atoms with Gasteiger partial charge in [0.1, 0.15) is 6.04 Å². The van der Waals surface area contributed by atoms with Gasteiger partial charge in [-0.25, -0.2) is 4.79 Å². The van der Waals surface area contributed by atoms with Crippen molar-refractivity contribution in [3.8, 4) is 0 Å². The van der Waals surface area contributed by atoms with Gasteiger partial charge >= 0.3 is 5.97 Å². The van der Waals surface area contributed by atoms with Crippen molar-refractivity contribution in [2.75, 3.05) is 0 Å². The normalized spacial score (nSPS) is 11.7. The van der Waals surface area contributed by atoms with Crippen molar-refractivity contribution in [3.05, 3.63) is 35.7 Å². The van der Waals surface area contributed by atoms with Gasteiger partial charge in [-0.3, -0.25) is 4.79 Å². The van der Waals surface area contributed by atoms with Crippen LogP contribution in [0.1, 0.15) is 28.2 Å². The number of nitrogens with zero attached hydrogens (tertiary/aromatic N) is 2. The van der Waals surface area contributed by atoms with Crippen molar-refractivity contribution in [1.82, 2.24) is 15.5 Å². The van der Waals surface area contributed by atoms with Crippen LogP contribution in [0.2, 0.25) is 0 Å². The van der Waals surface area contributed by atoms with Gasteiger partial charge < -0.3 is 10.4 Å². The molecule has 0 spiro atoms. The molecule has 1 aromatic heterocycles. The van der Waals surface area contributed by atoms with Gasteiger partial charge in [0.15, 0.2) is 0 Å². The first-order valence-electron chi connectivity index (χ1n) is 5.41. The van der Waals surface area contributed by atoms with E-state index in [1.165, 1.54) is 6.08 Å². The van der Waals surface area contributed by atoms with Crippen molar-refractivity contribution in [2.24, 2.45) is 0 Å². The number of aromatic nitrogens is 2. The highest BCUT2D eigenvalue weighted by Gasteiger charge is 2.20. The molecule has 1 rings (SSSR count). The highest BCUT2D eigenvalue weighted by atomic mass is 16.4. The molecule has 18 heavy (non-hydrogen) atoms. The van der Waals surface area contributed by atoms with Gasteiger partial charge in [-0.05, 0) is 26.3 Å². The Morgan fingerprint density at radius 1 is 1.50 bits per heavy atom. The van der Waals surface area contributed by atoms with E-state index < -0.39 is 17.9 Å². The summed E-state index contributed by atoms with van der Waals surface area (Å²) in [6, 6.07) is 0.590. The molecule has 0 aliphatic heterocycles. The van der Waals surface area contributed by atoms with Gasteiger partial charge in [0.25, 0.3) is 5.91 Å². The minimum absolute atomic E-state index is 0.164. The molecule has 0 saturated heterocycles. The quantitative estimate of drug-likeness (QED) is 0.755. The van der Waals surface area contributed by atoms with Crippen molar-refractivity contribution in [3.63, 3.8) is 0 Å². The number of nitrogens with one attached hydrogen (secondary N) is 1. The molecule has 0 aromatic carbocycles. The third-order valence-electron chi connectivity index (χ3n) is 2.35. The maximum absolute atomic E-state index is 11.9. The zero-order valence-corrected chi connectivity index (χ0v) is 10.3. The van der Waals surface area contributed by atoms with Crippen molar-refractivity contribution >= 4 is 11.9 Å². The zero-order chi connectivity index (χ0) is 13.7. The molecule has 1 aromatic rings. The number of aryl methyl sites for hydroxylation is 2. The molecule has 0 fully saturated rings. The lowest BCUT2D eigenvalue weighted by Gasteiger charge is -2.13. The van der Waals surface area contributed by atoms with E-state index in [-0.39, 0.29) is 6.42 Å². The summed E-state index contributed by atoms with van der Waals surface area (Å²) in [5.74, 6) is -1.57. The minimum Gasteiger partial charge on any atom is -0.480 e. The highest BCUT2D eigenvalue weighted by molar-refractivity contribution is 5.97. The molecule has 2 N–H and O–H groups in total. The van der Waals surface area contributed by atoms with Crippen LogP contribution in [0, 0.1) is 13.8 Å². The molecular weight excluding hydrogens is 234 g/mol. The Morgan fingerprint density at radius 2 is 2.17 bits per heavy atom. The van der Waals surface area contributed by atoms with E-state index >= 15 is 0 Å². The van der Waals surface area contributed by atoms with Crippen molar-refractivity contribution < 1.29 is 14.7 Å². The smallest absolute Gasteiger partial charge is 0.326 e. The third kappa shape index (κ3) is 3.38. The Bertz CT molecular complexity index is 485. The van der Waals surface area contributed by atoms with Gasteiger partial charge in [0, 0.05) is 0 Å². The lowest BCUT2D eigenvalue weighted by atomic mass is 10.1. The molecule has 1 heterocycles. The van der Waals surface area contributed by atoms with E-state index in [4.69, 9.17) is 5.11 Å². The minimum atomic E-state index is -1.10. The van der Waals surface area contributed by atoms with Crippen LogP contribution in [0.4, 0.5) is 0 Å². The van der Waals surface area contributed by atoms with E-state index in [1.54, 1.807) is 19.9 Å². The Labute approximate surface area is 105 Å². The Morgan fingerprint density at radius 3 is 2.72 bits per heavy atom. The monoisotopic (exact) mass is 249 g/mol. The molecular formula is C12H15N3O3. The molecule has 0 aliphatic carbocycles. The van der Waals surface area contributed by atoms with E-state index in [1.807, 2.05) is 0 Å². The Kier molecular flexibility index (Phi) is 4.53. The standard InChI is InChI=1S/C12H15N3O3/c1-4-5-10(12(17)18)13-11(16)9-6-7(2)14-15-8(9)3/h4,6,10H,1,5H2,2-3H3,(H,13,16)(H,17,18). The summed E-state index contributed by atoms with van der Waals surface area (Å²) in [5.41, 5.74) is 1.39. The van der Waals surface area contributed by atoms with Crippen LogP contribution in [0.5, 0.6) is 0 Å². The molecule has 6 nitrogen and oxygen atoms in total. The number of carboxylic acids is 1. The lowest BCUT2D eigenvalue weighted by Crippen LogP contribution is -2.40. The number of rotatable bonds is 5. The van der Waals surface area contributed by atoms with Gasteiger partial charge in [-0.2, -0.15) is 10.2 Å². The zero-order valence-electron chi connectivity index (χ0n) is 10.3. The molecule has 1 atom stereocenters. The summed E-state index contributed by atoms with van der Waals surface area (Å²) >= 11 is 0. The number of aliphatic carboxylic acids is 1. The van der Waals surface area contributed by atoms with Crippen LogP contribution >= 0.6 is 0 Å². The van der Waals surface area contributed by atoms with Crippen molar-refractivity contribution in [2.45, 2.75) is 26.3 Å². The van der Waals surface area contributed by atoms with E-state index in [0.29, 0.717) is 17.0 Å². The summed E-state index contributed by atoms with van der Waals surface area (Å²) in [6.45, 7) is 6.81. The first-order valence-corrected chi connectivity index (χ1v) is 5.41. The molecule has 96 valence electrons. The summed E-state index contributed by atoms with van der Waals surface area (Å²) in [4.78, 5) is 22.8. The number of hydrogen-bond acceptors (Lipinski definition) is 4. The van der Waals surface area contributed by atoms with Crippen LogP contribution < -0.4 is 5.32 Å². The SMILES string of the molecule is C=CCC(NC(=O)c1cc(C)nnc1C)C(=O)O. The number of carbonyl (C=O) groups excluding carboxylic acids is 1. The van der Waals surface area contributed by atoms with Crippen LogP contribution in [-0.4, -0.2) is 33.2 Å². The van der Waals surface area contributed by atoms with E-state index in [9.17, 15) is 9.59 Å². The maximum Gasteiger partial charge on any atom is 0.326 e. The van der Waals surface area contributed by atoms with Crippen LogP contribution in [0.15, 0.2) is 18.7 Å². The summed E-state index contributed by atoms with van der Waals surface area (Å²) < 4.78 is 0. The topological polar surface area (TPSA) is 92.2 Å². The summed E-state index contributed by atoms with van der Waals surface area (Å²) in [5, 5.41) is 19.0. The van der Waals surface area contributed by atoms with Crippen LogP contribution in [-0.2, 0) is 4.79 Å². The van der Waals surface area contributed by atoms with Crippen LogP contribution in [0.25, 0.3) is 0 Å². The summed E-state index contributed by atoms with van der Waals surface area (Å²) in [6.07, 6.45) is 1.61. The van der Waals surface area contributed by atoms with Gasteiger partial charge in [0.2, 0.25) is 0 Å². The van der Waals surface area contributed by atoms with Gasteiger partial charge in [0.05, 0.1) is 17.0 Å². The van der Waals surface area contributed by atoms with Crippen LogP contribution in [0.3, 0.4) is 0 Å². The fourth-order valence-electron chi connectivity index (χ4n) is 1.40. The van der Waals surface area contributed by atoms with Gasteiger partial charge in [-0.15, -0.1) is 6.58 Å². The number of amides is 1. The van der Waals surface area contributed by atoms with E-state index in [2.05, 4.69) is 22.1 Å². The second kappa shape index (κ2) is 5.90. The maximum atomic E-state index is 11.9. The molecule has 1 amide bonds. The molecule has 1 unspecified atom stereocenters. The Hall–Kier alpha value is -2.24. The molecule has 0 saturated carbocycles. The second-order valence-electron chi connectivity index (χ2n) is 3.87. The average molecular weight is 249 g/mol. The fraction of sp³-hybridized carbons (Fsp3) is 0.333.